The number of H-pyrrole nitrogens is 1. The molecule has 34 heavy (non-hydrogen) atoms. The Hall–Kier alpha value is -2.98. The molecule has 5 rings (SSSR count). The van der Waals surface area contributed by atoms with Crippen molar-refractivity contribution in [3.63, 3.8) is 0 Å². The van der Waals surface area contributed by atoms with Gasteiger partial charge in [0.2, 0.25) is 5.78 Å². The van der Waals surface area contributed by atoms with Crippen LogP contribution in [0.15, 0.2) is 41.2 Å². The highest BCUT2D eigenvalue weighted by Crippen LogP contribution is 2.34. The van der Waals surface area contributed by atoms with Gasteiger partial charge in [0.1, 0.15) is 5.60 Å². The van der Waals surface area contributed by atoms with E-state index in [-0.39, 0.29) is 18.1 Å². The molecule has 0 spiro atoms. The first-order chi connectivity index (χ1) is 16.4. The number of nitrogens with one attached hydrogen (secondary N) is 1. The summed E-state index contributed by atoms with van der Waals surface area (Å²) in [7, 11) is -2.09. The number of carbonyl (C=O) groups excluding carboxylic acids is 1. The standard InChI is InChI=1S/C24H29N5O4S/c1-34(32)14-12-28(13-15-34)22(31)24(10-6-3-7-11-24)33-17-19-16-20(30)29-23(25-19)26-21(27-29)18-8-4-2-5-9-18/h2,4-5,8-9,16H,1,3,6-7,10-15,17H2,(H,25,26,27). The van der Waals surface area contributed by atoms with Crippen LogP contribution in [-0.2, 0) is 25.7 Å². The van der Waals surface area contributed by atoms with E-state index in [1.807, 2.05) is 30.3 Å². The van der Waals surface area contributed by atoms with Gasteiger partial charge in [0.15, 0.2) is 5.82 Å². The number of amides is 1. The van der Waals surface area contributed by atoms with Gasteiger partial charge in [-0.15, -0.1) is 5.10 Å². The smallest absolute Gasteiger partial charge is 0.275 e. The van der Waals surface area contributed by atoms with Crippen molar-refractivity contribution in [2.24, 2.45) is 0 Å². The molecule has 9 nitrogen and oxygen atoms in total. The zero-order valence-corrected chi connectivity index (χ0v) is 19.9. The highest BCUT2D eigenvalue weighted by atomic mass is 32.2. The van der Waals surface area contributed by atoms with Crippen LogP contribution in [0.5, 0.6) is 0 Å². The first-order valence-corrected chi connectivity index (χ1v) is 13.7. The summed E-state index contributed by atoms with van der Waals surface area (Å²) < 4.78 is 19.8. The second-order valence-electron chi connectivity index (χ2n) is 9.18. The van der Waals surface area contributed by atoms with E-state index >= 15 is 0 Å². The minimum atomic E-state index is -2.09. The third-order valence-corrected chi connectivity index (χ3v) is 8.58. The number of rotatable bonds is 5. The molecular formula is C24H29N5O4S. The van der Waals surface area contributed by atoms with Crippen molar-refractivity contribution in [3.8, 4) is 11.4 Å². The Morgan fingerprint density at radius 2 is 1.85 bits per heavy atom. The summed E-state index contributed by atoms with van der Waals surface area (Å²) in [6.07, 6.45) is 4.16. The quantitative estimate of drug-likeness (QED) is 0.555. The van der Waals surface area contributed by atoms with E-state index in [0.29, 0.717) is 54.7 Å². The molecule has 1 N–H and O–H groups in total. The Morgan fingerprint density at radius 3 is 2.56 bits per heavy atom. The Balaban J connectivity index is 1.37. The fraction of sp³-hybridized carbons (Fsp3) is 0.458. The minimum absolute atomic E-state index is 0.0423. The average molecular weight is 484 g/mol. The molecule has 1 aliphatic heterocycles. The molecule has 0 radical (unpaired) electrons. The van der Waals surface area contributed by atoms with Crippen LogP contribution in [0.25, 0.3) is 17.2 Å². The van der Waals surface area contributed by atoms with Gasteiger partial charge >= 0.3 is 0 Å². The molecule has 1 aromatic carbocycles. The van der Waals surface area contributed by atoms with Crippen LogP contribution in [0.1, 0.15) is 37.8 Å². The van der Waals surface area contributed by atoms with Gasteiger partial charge in [0, 0.05) is 41.9 Å². The zero-order chi connectivity index (χ0) is 23.8. The summed E-state index contributed by atoms with van der Waals surface area (Å²) in [5, 5.41) is 4.32. The molecular weight excluding hydrogens is 454 g/mol. The lowest BCUT2D eigenvalue weighted by Crippen LogP contribution is -2.55. The first kappa shape index (κ1) is 22.8. The monoisotopic (exact) mass is 483 g/mol. The van der Waals surface area contributed by atoms with Crippen LogP contribution in [0.4, 0.5) is 0 Å². The van der Waals surface area contributed by atoms with E-state index in [0.717, 1.165) is 24.8 Å². The van der Waals surface area contributed by atoms with E-state index < -0.39 is 15.1 Å². The molecule has 1 aliphatic carbocycles. The number of ether oxygens (including phenoxy) is 1. The molecule has 0 unspecified atom stereocenters. The van der Waals surface area contributed by atoms with Crippen LogP contribution in [0, 0.1) is 0 Å². The summed E-state index contributed by atoms with van der Waals surface area (Å²) in [6.45, 7) is 0.971. The minimum Gasteiger partial charge on any atom is -0.359 e. The van der Waals surface area contributed by atoms with Crippen molar-refractivity contribution in [2.45, 2.75) is 44.3 Å². The third kappa shape index (κ3) is 4.52. The Labute approximate surface area is 198 Å². The molecule has 2 fully saturated rings. The normalized spacial score (nSPS) is 19.8. The number of hydrogen-bond acceptors (Lipinski definition) is 6. The Kier molecular flexibility index (Phi) is 6.03. The highest BCUT2D eigenvalue weighted by molar-refractivity contribution is 8.00. The van der Waals surface area contributed by atoms with E-state index in [9.17, 15) is 13.8 Å². The molecule has 1 amide bonds. The molecule has 0 bridgehead atoms. The lowest BCUT2D eigenvalue weighted by molar-refractivity contribution is -0.165. The summed E-state index contributed by atoms with van der Waals surface area (Å²) in [6, 6.07) is 10.9. The van der Waals surface area contributed by atoms with Crippen LogP contribution >= 0.6 is 0 Å². The number of fused-ring (bicyclic) bond motifs is 1. The molecule has 1 saturated heterocycles. The van der Waals surface area contributed by atoms with E-state index in [2.05, 4.69) is 20.9 Å². The van der Waals surface area contributed by atoms with Gasteiger partial charge in [-0.2, -0.15) is 9.50 Å². The summed E-state index contributed by atoms with van der Waals surface area (Å²) in [5.41, 5.74) is 0.119. The molecule has 180 valence electrons. The summed E-state index contributed by atoms with van der Waals surface area (Å²) in [5.74, 6) is 5.39. The maximum Gasteiger partial charge on any atom is 0.275 e. The second-order valence-corrected chi connectivity index (χ2v) is 11.9. The van der Waals surface area contributed by atoms with E-state index in [1.165, 1.54) is 10.6 Å². The predicted molar refractivity (Wildman–Crippen MR) is 131 cm³/mol. The first-order valence-electron chi connectivity index (χ1n) is 11.7. The lowest BCUT2D eigenvalue weighted by atomic mass is 9.83. The van der Waals surface area contributed by atoms with Crippen molar-refractivity contribution in [1.29, 1.82) is 0 Å². The molecule has 1 saturated carbocycles. The van der Waals surface area contributed by atoms with Crippen LogP contribution in [0.3, 0.4) is 0 Å². The molecule has 3 aromatic rings. The zero-order valence-electron chi connectivity index (χ0n) is 19.1. The Bertz CT molecular complexity index is 1340. The van der Waals surface area contributed by atoms with Crippen molar-refractivity contribution >= 4 is 27.1 Å². The summed E-state index contributed by atoms with van der Waals surface area (Å²) >= 11 is 0. The van der Waals surface area contributed by atoms with Gasteiger partial charge in [-0.05, 0) is 28.2 Å². The average Bonchev–Trinajstić information content (AvgIpc) is 3.29. The number of aromatic nitrogens is 4. The van der Waals surface area contributed by atoms with Crippen molar-refractivity contribution in [1.82, 2.24) is 24.5 Å². The van der Waals surface area contributed by atoms with Gasteiger partial charge < -0.3 is 14.6 Å². The number of carbonyl (C=O) groups is 1. The van der Waals surface area contributed by atoms with Gasteiger partial charge in [0.05, 0.1) is 6.61 Å². The predicted octanol–water partition coefficient (Wildman–Crippen LogP) is 1.86. The van der Waals surface area contributed by atoms with Crippen molar-refractivity contribution in [3.05, 3.63) is 52.4 Å². The van der Waals surface area contributed by atoms with Crippen molar-refractivity contribution < 1.29 is 13.7 Å². The maximum atomic E-state index is 13.5. The molecule has 3 heterocycles. The largest absolute Gasteiger partial charge is 0.359 e. The fourth-order valence-corrected chi connectivity index (χ4v) is 6.05. The maximum absolute atomic E-state index is 13.5. The molecule has 0 atom stereocenters. The Morgan fingerprint density at radius 1 is 1.15 bits per heavy atom. The molecule has 2 aromatic heterocycles. The van der Waals surface area contributed by atoms with Gasteiger partial charge in [0.25, 0.3) is 11.5 Å². The number of hydrogen-bond donors (Lipinski definition) is 1. The second kappa shape index (κ2) is 8.99. The SMILES string of the molecule is C=S1(=O)CCN(C(=O)C2(OCc3cc(=O)n4nc(-c5ccccc5)nc4[nH]3)CCCCC2)CC1. The van der Waals surface area contributed by atoms with Crippen LogP contribution in [0.2, 0.25) is 0 Å². The van der Waals surface area contributed by atoms with E-state index in [4.69, 9.17) is 4.74 Å². The van der Waals surface area contributed by atoms with Crippen LogP contribution < -0.4 is 5.56 Å². The molecule has 10 heteroatoms. The lowest BCUT2D eigenvalue weighted by Gasteiger charge is -2.41. The van der Waals surface area contributed by atoms with Gasteiger partial charge in [-0.1, -0.05) is 49.6 Å². The fourth-order valence-electron chi connectivity index (χ4n) is 4.74. The molecule has 2 aliphatic rings. The number of benzene rings is 1. The number of aromatic amines is 1. The summed E-state index contributed by atoms with van der Waals surface area (Å²) in [4.78, 5) is 35.6. The third-order valence-electron chi connectivity index (χ3n) is 6.73. The number of nitrogens with zero attached hydrogens (tertiary/aromatic N) is 4. The van der Waals surface area contributed by atoms with Crippen LogP contribution in [-0.4, -0.2) is 70.7 Å². The van der Waals surface area contributed by atoms with Gasteiger partial charge in [-0.3, -0.25) is 13.8 Å². The highest BCUT2D eigenvalue weighted by Gasteiger charge is 2.44. The van der Waals surface area contributed by atoms with E-state index in [1.54, 1.807) is 4.90 Å². The topological polar surface area (TPSA) is 110 Å². The van der Waals surface area contributed by atoms with Gasteiger partial charge in [-0.25, -0.2) is 0 Å². The van der Waals surface area contributed by atoms with Crippen molar-refractivity contribution in [2.75, 3.05) is 24.6 Å².